The third-order valence-corrected chi connectivity index (χ3v) is 0. The maximum absolute atomic E-state index is 8.56. The minimum absolute atomic E-state index is 0. The minimum atomic E-state index is -1.83. The second kappa shape index (κ2) is 9.82. The van der Waals surface area contributed by atoms with Crippen LogP contribution in [0.25, 0.3) is 0 Å². The van der Waals surface area contributed by atoms with Crippen LogP contribution in [0, 0.1) is 41.7 Å². The van der Waals surface area contributed by atoms with Crippen LogP contribution in [-0.4, -0.2) is 45.9 Å². The quantitative estimate of drug-likeness (QED) is 0.551. The van der Waals surface area contributed by atoms with Crippen molar-refractivity contribution >= 4 is 35.7 Å². The van der Waals surface area contributed by atoms with Gasteiger partial charge in [0.1, 0.15) is 0 Å². The van der Waals surface area contributed by atoms with Crippen LogP contribution in [0.5, 0.6) is 0 Å². The first-order valence-electron chi connectivity index (χ1n) is 0.651. The molecule has 0 atom stereocenters. The monoisotopic (exact) mass is 226 g/mol. The molecule has 0 aromatic carbocycles. The van der Waals surface area contributed by atoms with Crippen molar-refractivity contribution < 1.29 is 56.8 Å². The normalized spacial score (nSPS) is 4.00. The van der Waals surface area contributed by atoms with Gasteiger partial charge in [0.05, 0.1) is 0 Å². The van der Waals surface area contributed by atoms with Crippen molar-refractivity contribution in [1.82, 2.24) is 0 Å². The van der Waals surface area contributed by atoms with Crippen LogP contribution in [0.4, 0.5) is 4.79 Å². The van der Waals surface area contributed by atoms with Crippen molar-refractivity contribution in [1.29, 1.82) is 0 Å². The van der Waals surface area contributed by atoms with Crippen LogP contribution in [-0.2, 0) is 0 Å². The molecule has 0 saturated heterocycles. The summed E-state index contributed by atoms with van der Waals surface area (Å²) >= 11 is 0. The van der Waals surface area contributed by atoms with Crippen LogP contribution < -0.4 is 0 Å². The molecule has 0 amide bonds. The first-order chi connectivity index (χ1) is 1.73. The zero-order chi connectivity index (χ0) is 3.58. The molecule has 0 heterocycles. The predicted molar refractivity (Wildman–Crippen MR) is 17.8 cm³/mol. The van der Waals surface area contributed by atoms with Crippen LogP contribution in [0.15, 0.2) is 0 Å². The van der Waals surface area contributed by atoms with Gasteiger partial charge in [-0.05, 0) is 0 Å². The van der Waals surface area contributed by atoms with Gasteiger partial charge in [0.2, 0.25) is 0 Å². The van der Waals surface area contributed by atoms with Gasteiger partial charge in [-0.15, -0.1) is 0 Å². The van der Waals surface area contributed by atoms with E-state index in [-0.39, 0.29) is 71.3 Å². The fourth-order valence-electron chi connectivity index (χ4n) is 0. The van der Waals surface area contributed by atoms with E-state index in [1.54, 1.807) is 0 Å². The molecule has 3 nitrogen and oxygen atoms in total. The van der Waals surface area contributed by atoms with Crippen LogP contribution >= 0.6 is 0 Å². The summed E-state index contributed by atoms with van der Waals surface area (Å²) in [4.78, 5) is 8.56. The fourth-order valence-corrected chi connectivity index (χ4v) is 0. The van der Waals surface area contributed by atoms with Gasteiger partial charge in [-0.25, -0.2) is 4.79 Å². The predicted octanol–water partition coefficient (Wildman–Crippen LogP) is -0.426. The van der Waals surface area contributed by atoms with E-state index in [2.05, 4.69) is 0 Å². The molecule has 0 aliphatic heterocycles. The van der Waals surface area contributed by atoms with Gasteiger partial charge in [0, 0.05) is 41.7 Å². The van der Waals surface area contributed by atoms with Crippen molar-refractivity contribution in [2.75, 3.05) is 0 Å². The molecule has 0 aliphatic rings. The molecule has 0 aliphatic carbocycles. The number of hydrogen-bond acceptors (Lipinski definition) is 1. The standard InChI is InChI=1S/CH2O3.Ce.Na.H/c2-1(3)4;;;/h(H2,2,3,4);;;. The van der Waals surface area contributed by atoms with E-state index in [1.165, 1.54) is 0 Å². The molecule has 0 aromatic rings. The van der Waals surface area contributed by atoms with E-state index in [1.807, 2.05) is 0 Å². The van der Waals surface area contributed by atoms with E-state index < -0.39 is 6.16 Å². The third-order valence-electron chi connectivity index (χ3n) is 0. The number of rotatable bonds is 0. The Bertz CT molecular complexity index is 33.8. The molecule has 0 fully saturated rings. The summed E-state index contributed by atoms with van der Waals surface area (Å²) in [7, 11) is 0. The van der Waals surface area contributed by atoms with Crippen molar-refractivity contribution in [3.63, 3.8) is 0 Å². The Morgan fingerprint density at radius 3 is 1.33 bits per heavy atom. The van der Waals surface area contributed by atoms with E-state index in [0.717, 1.165) is 0 Å². The Labute approximate surface area is 90.8 Å². The molecule has 5 heteroatoms. The zero-order valence-corrected chi connectivity index (χ0v) is 5.44. The van der Waals surface area contributed by atoms with Crippen LogP contribution in [0.1, 0.15) is 0 Å². The Kier molecular flexibility index (Phi) is 25.6. The molecular formula is CH3CeNaO3. The van der Waals surface area contributed by atoms with Gasteiger partial charge in [-0.2, -0.15) is 0 Å². The van der Waals surface area contributed by atoms with Crippen molar-refractivity contribution in [3.8, 4) is 0 Å². The topological polar surface area (TPSA) is 57.5 Å². The number of carbonyl (C=O) groups is 1. The second-order valence-corrected chi connectivity index (χ2v) is 0.283. The first kappa shape index (κ1) is 15.6. The van der Waals surface area contributed by atoms with Crippen LogP contribution in [0.2, 0.25) is 0 Å². The van der Waals surface area contributed by atoms with E-state index in [4.69, 9.17) is 15.0 Å². The van der Waals surface area contributed by atoms with Gasteiger partial charge in [-0.1, -0.05) is 0 Å². The molecular weight excluding hydrogens is 223 g/mol. The maximum atomic E-state index is 8.56. The molecule has 0 unspecified atom stereocenters. The molecule has 30 valence electrons. The molecule has 0 rings (SSSR count). The van der Waals surface area contributed by atoms with E-state index in [9.17, 15) is 0 Å². The van der Waals surface area contributed by atoms with E-state index in [0.29, 0.717) is 0 Å². The summed E-state index contributed by atoms with van der Waals surface area (Å²) in [5, 5.41) is 13.9. The summed E-state index contributed by atoms with van der Waals surface area (Å²) in [5.41, 5.74) is 0. The molecule has 6 heavy (non-hydrogen) atoms. The van der Waals surface area contributed by atoms with Crippen molar-refractivity contribution in [2.45, 2.75) is 0 Å². The molecule has 0 aromatic heterocycles. The number of carboxylic acid groups (broad SMARTS) is 2. The molecule has 0 spiro atoms. The van der Waals surface area contributed by atoms with Gasteiger partial charge in [0.25, 0.3) is 0 Å². The summed E-state index contributed by atoms with van der Waals surface area (Å²) in [6, 6.07) is 0. The third kappa shape index (κ3) is 45.0. The van der Waals surface area contributed by atoms with Gasteiger partial charge in [0.15, 0.2) is 0 Å². The molecule has 0 radical (unpaired) electrons. The van der Waals surface area contributed by atoms with Gasteiger partial charge in [-0.3, -0.25) is 0 Å². The molecule has 0 bridgehead atoms. The Hall–Kier alpha value is 1.65. The van der Waals surface area contributed by atoms with Gasteiger partial charge >= 0.3 is 35.7 Å². The average molecular weight is 226 g/mol. The Morgan fingerprint density at radius 1 is 1.33 bits per heavy atom. The van der Waals surface area contributed by atoms with E-state index >= 15 is 0 Å². The summed E-state index contributed by atoms with van der Waals surface area (Å²) in [6.07, 6.45) is -1.83. The Balaban J connectivity index is -0.0000000450. The second-order valence-electron chi connectivity index (χ2n) is 0.283. The molecule has 2 N–H and O–H groups in total. The van der Waals surface area contributed by atoms with Gasteiger partial charge < -0.3 is 10.2 Å². The van der Waals surface area contributed by atoms with Crippen LogP contribution in [0.3, 0.4) is 0 Å². The number of hydrogen-bond donors (Lipinski definition) is 2. The summed E-state index contributed by atoms with van der Waals surface area (Å²) in [6.45, 7) is 0. The first-order valence-corrected chi connectivity index (χ1v) is 0.651. The SMILES string of the molecule is O=C(O)O.[Ce].[NaH]. The zero-order valence-electron chi connectivity index (χ0n) is 2.30. The summed E-state index contributed by atoms with van der Waals surface area (Å²) < 4.78 is 0. The Morgan fingerprint density at radius 2 is 1.33 bits per heavy atom. The average Bonchev–Trinajstić information content (AvgIpc) is 0.811. The van der Waals surface area contributed by atoms with Crippen molar-refractivity contribution in [3.05, 3.63) is 0 Å². The molecule has 0 saturated carbocycles. The van der Waals surface area contributed by atoms with Crippen molar-refractivity contribution in [2.24, 2.45) is 0 Å². The summed E-state index contributed by atoms with van der Waals surface area (Å²) in [5.74, 6) is 0. The fraction of sp³-hybridized carbons (Fsp3) is 0.